The van der Waals surface area contributed by atoms with Crippen molar-refractivity contribution < 1.29 is 0 Å². The first-order chi connectivity index (χ1) is 12.5. The van der Waals surface area contributed by atoms with Crippen molar-refractivity contribution >= 4 is 53.1 Å². The molecule has 0 aliphatic rings. The first-order valence-corrected chi connectivity index (χ1v) is 9.60. The second-order valence-electron chi connectivity index (χ2n) is 6.24. The number of aromatic nitrogens is 3. The number of rotatable bonds is 8. The molecule has 0 aliphatic heterocycles. The number of guanidine groups is 1. The molecule has 0 saturated carbocycles. The average molecular weight is 525 g/mol. The highest BCUT2D eigenvalue weighted by molar-refractivity contribution is 14.0. The number of hydrogen-bond acceptors (Lipinski definition) is 3. The maximum atomic E-state index is 6.22. The molecule has 0 atom stereocenters. The minimum atomic E-state index is 0. The van der Waals surface area contributed by atoms with Crippen molar-refractivity contribution in [2.45, 2.75) is 46.2 Å². The summed E-state index contributed by atoms with van der Waals surface area (Å²) in [4.78, 5) is 4.65. The van der Waals surface area contributed by atoms with Crippen LogP contribution < -0.4 is 10.6 Å². The summed E-state index contributed by atoms with van der Waals surface area (Å²) < 4.78 is 2.05. The van der Waals surface area contributed by atoms with Gasteiger partial charge in [-0.25, -0.2) is 0 Å². The highest BCUT2D eigenvalue weighted by Gasteiger charge is 2.05. The Labute approximate surface area is 188 Å². The largest absolute Gasteiger partial charge is 0.355 e. The van der Waals surface area contributed by atoms with Gasteiger partial charge in [-0.15, -0.1) is 34.2 Å². The van der Waals surface area contributed by atoms with E-state index in [0.717, 1.165) is 43.3 Å². The van der Waals surface area contributed by atoms with E-state index in [1.165, 1.54) is 0 Å². The Bertz CT molecular complexity index is 732. The second kappa shape index (κ2) is 12.4. The Hall–Kier alpha value is -1.06. The van der Waals surface area contributed by atoms with E-state index >= 15 is 0 Å². The van der Waals surface area contributed by atoms with E-state index in [2.05, 4.69) is 46.6 Å². The van der Waals surface area contributed by atoms with E-state index < -0.39 is 0 Å². The Morgan fingerprint density at radius 3 is 2.74 bits per heavy atom. The number of nitrogens with zero attached hydrogens (tertiary/aromatic N) is 4. The normalized spacial score (nSPS) is 11.4. The van der Waals surface area contributed by atoms with Gasteiger partial charge in [-0.1, -0.05) is 36.2 Å². The molecule has 0 aliphatic carbocycles. The molecule has 2 aromatic rings. The summed E-state index contributed by atoms with van der Waals surface area (Å²) in [5.74, 6) is 1.77. The average Bonchev–Trinajstić information content (AvgIpc) is 3.03. The predicted molar refractivity (Wildman–Crippen MR) is 124 cm³/mol. The minimum Gasteiger partial charge on any atom is -0.355 e. The molecule has 0 radical (unpaired) electrons. The van der Waals surface area contributed by atoms with Crippen LogP contribution in [-0.2, 0) is 19.4 Å². The molecule has 1 aromatic carbocycles. The van der Waals surface area contributed by atoms with Crippen molar-refractivity contribution in [2.75, 3.05) is 13.1 Å². The molecule has 27 heavy (non-hydrogen) atoms. The third-order valence-electron chi connectivity index (χ3n) is 3.75. The molecule has 1 heterocycles. The molecular weight excluding hydrogens is 498 g/mol. The van der Waals surface area contributed by atoms with Crippen molar-refractivity contribution in [3.05, 3.63) is 46.0 Å². The van der Waals surface area contributed by atoms with E-state index in [1.54, 1.807) is 12.4 Å². The van der Waals surface area contributed by atoms with Crippen LogP contribution in [0.1, 0.15) is 32.2 Å². The zero-order chi connectivity index (χ0) is 18.9. The maximum Gasteiger partial charge on any atom is 0.191 e. The number of aliphatic imine (C=N–C) groups is 1. The van der Waals surface area contributed by atoms with Crippen LogP contribution in [0.25, 0.3) is 0 Å². The predicted octanol–water partition coefficient (Wildman–Crippen LogP) is 3.95. The lowest BCUT2D eigenvalue weighted by molar-refractivity contribution is 0.622. The smallest absolute Gasteiger partial charge is 0.191 e. The van der Waals surface area contributed by atoms with Gasteiger partial charge in [-0.2, -0.15) is 0 Å². The van der Waals surface area contributed by atoms with Crippen LogP contribution in [0.5, 0.6) is 0 Å². The molecule has 2 rings (SSSR count). The van der Waals surface area contributed by atoms with Gasteiger partial charge in [0.2, 0.25) is 0 Å². The van der Waals surface area contributed by atoms with Crippen LogP contribution >= 0.6 is 47.2 Å². The van der Waals surface area contributed by atoms with Crippen LogP contribution in [-0.4, -0.2) is 39.9 Å². The number of aryl methyl sites for hydroxylation is 1. The molecule has 0 spiro atoms. The monoisotopic (exact) mass is 524 g/mol. The molecule has 0 saturated heterocycles. The van der Waals surface area contributed by atoms with E-state index in [1.807, 2.05) is 16.7 Å². The quantitative estimate of drug-likeness (QED) is 0.312. The van der Waals surface area contributed by atoms with Gasteiger partial charge in [0.05, 0.1) is 0 Å². The number of hydrogen-bond donors (Lipinski definition) is 2. The molecule has 150 valence electrons. The lowest BCUT2D eigenvalue weighted by atomic mass is 10.1. The lowest BCUT2D eigenvalue weighted by Gasteiger charge is -2.16. The molecule has 0 amide bonds. The summed E-state index contributed by atoms with van der Waals surface area (Å²) in [7, 11) is 0. The van der Waals surface area contributed by atoms with Gasteiger partial charge in [-0.05, 0) is 38.0 Å². The van der Waals surface area contributed by atoms with Crippen molar-refractivity contribution in [3.8, 4) is 0 Å². The van der Waals surface area contributed by atoms with Gasteiger partial charge < -0.3 is 15.2 Å². The summed E-state index contributed by atoms with van der Waals surface area (Å²) in [6, 6.07) is 5.85. The summed E-state index contributed by atoms with van der Waals surface area (Å²) in [6.45, 7) is 8.41. The third-order valence-corrected chi connectivity index (χ3v) is 4.34. The van der Waals surface area contributed by atoms with Gasteiger partial charge in [0.25, 0.3) is 0 Å². The van der Waals surface area contributed by atoms with Gasteiger partial charge in [0.1, 0.15) is 12.2 Å². The Balaban J connectivity index is 0.00000364. The lowest BCUT2D eigenvalue weighted by Crippen LogP contribution is -2.42. The second-order valence-corrected chi connectivity index (χ2v) is 7.08. The summed E-state index contributed by atoms with van der Waals surface area (Å²) in [6.07, 6.45) is 3.38. The van der Waals surface area contributed by atoms with Crippen molar-refractivity contribution in [3.63, 3.8) is 0 Å². The molecule has 6 nitrogen and oxygen atoms in total. The first kappa shape index (κ1) is 24.0. The summed E-state index contributed by atoms with van der Waals surface area (Å²) >= 11 is 12.2. The summed E-state index contributed by atoms with van der Waals surface area (Å²) in [5.41, 5.74) is 1.04. The standard InChI is InChI=1S/C18H26Cl2N6.HI/c1-4-17-25-23-12-26(17)10-9-22-18(24-13(2)3)21-8-7-14-5-6-15(19)11-16(14)20;/h5-6,11-13H,4,7-10H2,1-3H3,(H2,21,22,24);1H. The van der Waals surface area contributed by atoms with Gasteiger partial charge >= 0.3 is 0 Å². The van der Waals surface area contributed by atoms with Gasteiger partial charge in [0.15, 0.2) is 5.96 Å². The van der Waals surface area contributed by atoms with Crippen molar-refractivity contribution in [2.24, 2.45) is 4.99 Å². The molecule has 1 aromatic heterocycles. The molecular formula is C18H27Cl2IN6. The van der Waals surface area contributed by atoms with Crippen LogP contribution in [0, 0.1) is 0 Å². The fourth-order valence-electron chi connectivity index (χ4n) is 2.47. The fourth-order valence-corrected chi connectivity index (χ4v) is 2.98. The zero-order valence-corrected chi connectivity index (χ0v) is 19.7. The fraction of sp³-hybridized carbons (Fsp3) is 0.500. The highest BCUT2D eigenvalue weighted by Crippen LogP contribution is 2.21. The Morgan fingerprint density at radius 2 is 2.07 bits per heavy atom. The SMILES string of the molecule is CCc1nncn1CCNC(=NCCc1ccc(Cl)cc1Cl)NC(C)C.I. The zero-order valence-electron chi connectivity index (χ0n) is 15.9. The summed E-state index contributed by atoms with van der Waals surface area (Å²) in [5, 5.41) is 16.1. The first-order valence-electron chi connectivity index (χ1n) is 8.85. The Kier molecular flexibility index (Phi) is 11.0. The van der Waals surface area contributed by atoms with Gasteiger partial charge in [0, 0.05) is 42.1 Å². The van der Waals surface area contributed by atoms with Gasteiger partial charge in [-0.3, -0.25) is 4.99 Å². The van der Waals surface area contributed by atoms with Crippen LogP contribution in [0.15, 0.2) is 29.5 Å². The van der Waals surface area contributed by atoms with Crippen LogP contribution in [0.3, 0.4) is 0 Å². The highest BCUT2D eigenvalue weighted by atomic mass is 127. The molecule has 0 bridgehead atoms. The molecule has 2 N–H and O–H groups in total. The topological polar surface area (TPSA) is 67.1 Å². The Morgan fingerprint density at radius 1 is 1.30 bits per heavy atom. The van der Waals surface area contributed by atoms with Crippen LogP contribution in [0.4, 0.5) is 0 Å². The van der Waals surface area contributed by atoms with E-state index in [4.69, 9.17) is 23.2 Å². The molecule has 0 unspecified atom stereocenters. The van der Waals surface area contributed by atoms with E-state index in [-0.39, 0.29) is 24.0 Å². The number of nitrogens with one attached hydrogen (secondary N) is 2. The van der Waals surface area contributed by atoms with E-state index in [9.17, 15) is 0 Å². The third kappa shape index (κ3) is 8.23. The number of benzene rings is 1. The molecule has 0 fully saturated rings. The molecule has 9 heteroatoms. The van der Waals surface area contributed by atoms with Crippen LogP contribution in [0.2, 0.25) is 10.0 Å². The van der Waals surface area contributed by atoms with E-state index in [0.29, 0.717) is 22.6 Å². The van der Waals surface area contributed by atoms with Crippen molar-refractivity contribution in [1.82, 2.24) is 25.4 Å². The maximum absolute atomic E-state index is 6.22. The minimum absolute atomic E-state index is 0. The number of halogens is 3. The van der Waals surface area contributed by atoms with Crippen molar-refractivity contribution in [1.29, 1.82) is 0 Å².